The van der Waals surface area contributed by atoms with E-state index < -0.39 is 0 Å². The number of hydrogen-bond donors (Lipinski definition) is 1. The average Bonchev–Trinajstić information content (AvgIpc) is 2.32. The number of rotatable bonds is 3. The summed E-state index contributed by atoms with van der Waals surface area (Å²) in [6, 6.07) is 1.83. The Kier molecular flexibility index (Phi) is 3.27. The second-order valence-corrected chi connectivity index (χ2v) is 3.64. The highest BCUT2D eigenvalue weighted by Crippen LogP contribution is 2.14. The van der Waals surface area contributed by atoms with E-state index in [0.29, 0.717) is 24.9 Å². The van der Waals surface area contributed by atoms with Crippen LogP contribution in [0.3, 0.4) is 0 Å². The van der Waals surface area contributed by atoms with Crippen molar-refractivity contribution in [3.8, 4) is 5.88 Å². The first-order chi connectivity index (χ1) is 8.22. The number of methoxy groups -OCH3 is 2. The number of amides is 1. The first-order valence-corrected chi connectivity index (χ1v) is 5.19. The molecule has 1 amide bonds. The molecule has 0 spiro atoms. The van der Waals surface area contributed by atoms with Crippen molar-refractivity contribution in [2.24, 2.45) is 0 Å². The summed E-state index contributed by atoms with van der Waals surface area (Å²) in [4.78, 5) is 20.9. The summed E-state index contributed by atoms with van der Waals surface area (Å²) in [5.74, 6) is 1.01. The Morgan fingerprint density at radius 2 is 2.29 bits per heavy atom. The van der Waals surface area contributed by atoms with Crippen LogP contribution in [0, 0.1) is 0 Å². The molecule has 1 aliphatic heterocycles. The minimum absolute atomic E-state index is 0.154. The van der Waals surface area contributed by atoms with Crippen molar-refractivity contribution in [1.29, 1.82) is 0 Å². The summed E-state index contributed by atoms with van der Waals surface area (Å²) in [6.45, 7) is 1.18. The van der Waals surface area contributed by atoms with E-state index in [4.69, 9.17) is 4.74 Å². The zero-order valence-electron chi connectivity index (χ0n) is 9.71. The van der Waals surface area contributed by atoms with Crippen LogP contribution in [-0.4, -0.2) is 54.3 Å². The van der Waals surface area contributed by atoms with Gasteiger partial charge in [0.1, 0.15) is 0 Å². The van der Waals surface area contributed by atoms with Crippen LogP contribution in [0.15, 0.2) is 12.3 Å². The molecular formula is C10H14N4O3. The zero-order chi connectivity index (χ0) is 12.3. The summed E-state index contributed by atoms with van der Waals surface area (Å²) >= 11 is 0. The van der Waals surface area contributed by atoms with Crippen LogP contribution in [0.1, 0.15) is 0 Å². The molecule has 0 aromatic carbocycles. The van der Waals surface area contributed by atoms with Gasteiger partial charge in [-0.3, -0.25) is 0 Å². The van der Waals surface area contributed by atoms with Crippen molar-refractivity contribution in [2.75, 3.05) is 32.6 Å². The number of likely N-dealkylation sites (tertiary alicyclic amines) is 1. The topological polar surface area (TPSA) is 76.6 Å². The molecule has 1 saturated heterocycles. The van der Waals surface area contributed by atoms with Crippen LogP contribution < -0.4 is 10.1 Å². The Balaban J connectivity index is 1.85. The van der Waals surface area contributed by atoms with Crippen LogP contribution in [0.25, 0.3) is 0 Å². The monoisotopic (exact) mass is 238 g/mol. The second-order valence-electron chi connectivity index (χ2n) is 3.64. The van der Waals surface area contributed by atoms with E-state index in [2.05, 4.69) is 20.0 Å². The van der Waals surface area contributed by atoms with Gasteiger partial charge in [-0.1, -0.05) is 0 Å². The molecule has 0 unspecified atom stereocenters. The fourth-order valence-electron chi connectivity index (χ4n) is 1.56. The Bertz CT molecular complexity index is 406. The molecule has 0 radical (unpaired) electrons. The van der Waals surface area contributed by atoms with Crippen molar-refractivity contribution >= 4 is 12.0 Å². The maximum atomic E-state index is 11.1. The standard InChI is InChI=1S/C10H14N4O3/c1-16-8-3-4-11-9(13-8)12-7-5-14(6-7)10(15)17-2/h3-4,7H,5-6H2,1-2H3,(H,11,12,13). The van der Waals surface area contributed by atoms with Gasteiger partial charge < -0.3 is 19.7 Å². The van der Waals surface area contributed by atoms with Gasteiger partial charge in [-0.05, 0) is 0 Å². The normalized spacial score (nSPS) is 15.1. The van der Waals surface area contributed by atoms with Crippen LogP contribution in [0.4, 0.5) is 10.7 Å². The number of hydrogen-bond acceptors (Lipinski definition) is 6. The summed E-state index contributed by atoms with van der Waals surface area (Å²) < 4.78 is 9.59. The van der Waals surface area contributed by atoms with E-state index in [1.807, 2.05) is 0 Å². The third-order valence-corrected chi connectivity index (χ3v) is 2.49. The van der Waals surface area contributed by atoms with Crippen LogP contribution >= 0.6 is 0 Å². The van der Waals surface area contributed by atoms with Gasteiger partial charge in [0.2, 0.25) is 11.8 Å². The van der Waals surface area contributed by atoms with Crippen LogP contribution in [-0.2, 0) is 4.74 Å². The first-order valence-electron chi connectivity index (χ1n) is 5.19. The lowest BCUT2D eigenvalue weighted by molar-refractivity contribution is 0.0928. The fourth-order valence-corrected chi connectivity index (χ4v) is 1.56. The number of carbonyl (C=O) groups is 1. The van der Waals surface area contributed by atoms with Gasteiger partial charge in [0.05, 0.1) is 20.3 Å². The molecule has 1 N–H and O–H groups in total. The predicted octanol–water partition coefficient (Wildman–Crippen LogP) is 0.348. The van der Waals surface area contributed by atoms with Gasteiger partial charge in [-0.15, -0.1) is 0 Å². The molecule has 2 rings (SSSR count). The summed E-state index contributed by atoms with van der Waals surface area (Å²) in [5.41, 5.74) is 0. The minimum atomic E-state index is -0.311. The SMILES string of the molecule is COC(=O)N1CC(Nc2nccc(OC)n2)C1. The smallest absolute Gasteiger partial charge is 0.409 e. The highest BCUT2D eigenvalue weighted by atomic mass is 16.5. The van der Waals surface area contributed by atoms with Gasteiger partial charge in [0.15, 0.2) is 0 Å². The lowest BCUT2D eigenvalue weighted by atomic mass is 10.1. The molecule has 2 heterocycles. The van der Waals surface area contributed by atoms with Crippen LogP contribution in [0.5, 0.6) is 5.88 Å². The molecule has 17 heavy (non-hydrogen) atoms. The largest absolute Gasteiger partial charge is 0.481 e. The molecule has 0 aliphatic carbocycles. The van der Waals surface area contributed by atoms with Crippen molar-refractivity contribution in [1.82, 2.24) is 14.9 Å². The summed E-state index contributed by atoms with van der Waals surface area (Å²) in [5, 5.41) is 3.11. The number of carbonyl (C=O) groups excluding carboxylic acids is 1. The summed E-state index contributed by atoms with van der Waals surface area (Å²) in [7, 11) is 2.92. The van der Waals surface area contributed by atoms with Crippen molar-refractivity contribution in [2.45, 2.75) is 6.04 Å². The second kappa shape index (κ2) is 4.86. The number of aromatic nitrogens is 2. The quantitative estimate of drug-likeness (QED) is 0.818. The van der Waals surface area contributed by atoms with E-state index in [9.17, 15) is 4.79 Å². The van der Waals surface area contributed by atoms with Gasteiger partial charge >= 0.3 is 6.09 Å². The Hall–Kier alpha value is -2.05. The van der Waals surface area contributed by atoms with E-state index in [0.717, 1.165) is 0 Å². The molecule has 1 aliphatic rings. The van der Waals surface area contributed by atoms with Crippen molar-refractivity contribution < 1.29 is 14.3 Å². The molecule has 0 saturated carbocycles. The lowest BCUT2D eigenvalue weighted by Crippen LogP contribution is -2.57. The molecule has 0 bridgehead atoms. The molecule has 1 aromatic heterocycles. The van der Waals surface area contributed by atoms with Gasteiger partial charge in [0, 0.05) is 25.4 Å². The van der Waals surface area contributed by atoms with E-state index >= 15 is 0 Å². The maximum absolute atomic E-state index is 11.1. The number of nitrogens with zero attached hydrogens (tertiary/aromatic N) is 3. The van der Waals surface area contributed by atoms with Gasteiger partial charge in [-0.25, -0.2) is 9.78 Å². The Morgan fingerprint density at radius 1 is 1.53 bits per heavy atom. The van der Waals surface area contributed by atoms with E-state index in [1.54, 1.807) is 24.3 Å². The van der Waals surface area contributed by atoms with Crippen molar-refractivity contribution in [3.05, 3.63) is 12.3 Å². The molecule has 92 valence electrons. The summed E-state index contributed by atoms with van der Waals surface area (Å²) in [6.07, 6.45) is 1.31. The number of ether oxygens (including phenoxy) is 2. The minimum Gasteiger partial charge on any atom is -0.481 e. The average molecular weight is 238 g/mol. The third-order valence-electron chi connectivity index (χ3n) is 2.49. The van der Waals surface area contributed by atoms with E-state index in [-0.39, 0.29) is 12.1 Å². The predicted molar refractivity (Wildman–Crippen MR) is 60.0 cm³/mol. The first kappa shape index (κ1) is 11.4. The molecular weight excluding hydrogens is 224 g/mol. The third kappa shape index (κ3) is 2.55. The zero-order valence-corrected chi connectivity index (χ0v) is 9.71. The van der Waals surface area contributed by atoms with E-state index in [1.165, 1.54) is 7.11 Å². The molecule has 7 nitrogen and oxygen atoms in total. The van der Waals surface area contributed by atoms with Crippen molar-refractivity contribution in [3.63, 3.8) is 0 Å². The maximum Gasteiger partial charge on any atom is 0.409 e. The van der Waals surface area contributed by atoms with Gasteiger partial charge in [0.25, 0.3) is 0 Å². The molecule has 1 fully saturated rings. The van der Waals surface area contributed by atoms with Crippen LogP contribution in [0.2, 0.25) is 0 Å². The Morgan fingerprint density at radius 3 is 2.94 bits per heavy atom. The lowest BCUT2D eigenvalue weighted by Gasteiger charge is -2.38. The fraction of sp³-hybridized carbons (Fsp3) is 0.500. The molecule has 7 heteroatoms. The number of anilines is 1. The molecule has 0 atom stereocenters. The Labute approximate surface area is 98.8 Å². The molecule has 1 aromatic rings. The van der Waals surface area contributed by atoms with Gasteiger partial charge in [-0.2, -0.15) is 4.98 Å². The highest BCUT2D eigenvalue weighted by Gasteiger charge is 2.31. The number of nitrogens with one attached hydrogen (secondary N) is 1. The highest BCUT2D eigenvalue weighted by molar-refractivity contribution is 5.68.